The molecule has 1 aromatic carbocycles. The van der Waals surface area contributed by atoms with Crippen LogP contribution in [0.5, 0.6) is 0 Å². The summed E-state index contributed by atoms with van der Waals surface area (Å²) in [6, 6.07) is 12.1. The molecule has 0 bridgehead atoms. The molecule has 2 rings (SSSR count). The van der Waals surface area contributed by atoms with Crippen molar-refractivity contribution in [2.75, 3.05) is 0 Å². The summed E-state index contributed by atoms with van der Waals surface area (Å²) in [5.74, 6) is 0. The molecule has 1 unspecified atom stereocenters. The highest BCUT2D eigenvalue weighted by molar-refractivity contribution is 5.32. The van der Waals surface area contributed by atoms with Crippen LogP contribution in [-0.2, 0) is 12.8 Å². The molecule has 0 aliphatic rings. The maximum atomic E-state index is 10.5. The zero-order valence-electron chi connectivity index (χ0n) is 11.6. The van der Waals surface area contributed by atoms with Gasteiger partial charge < -0.3 is 5.11 Å². The first-order valence-corrected chi connectivity index (χ1v) is 6.97. The molecule has 1 atom stereocenters. The molecule has 1 heterocycles. The number of hydrogen-bond acceptors (Lipinski definition) is 2. The second-order valence-corrected chi connectivity index (χ2v) is 4.80. The molecule has 1 N–H and O–H groups in total. The lowest BCUT2D eigenvalue weighted by molar-refractivity contribution is 0.214. The molecule has 0 aliphatic carbocycles. The summed E-state index contributed by atoms with van der Waals surface area (Å²) in [6.07, 6.45) is 4.21. The average molecular weight is 255 g/mol. The van der Waals surface area contributed by atoms with Crippen LogP contribution in [-0.4, -0.2) is 10.1 Å². The number of aliphatic hydroxyl groups excluding tert-OH is 1. The van der Waals surface area contributed by atoms with Crippen LogP contribution in [0, 0.1) is 0 Å². The van der Waals surface area contributed by atoms with Gasteiger partial charge in [0.2, 0.25) is 0 Å². The van der Waals surface area contributed by atoms with Crippen molar-refractivity contribution >= 4 is 0 Å². The second-order valence-electron chi connectivity index (χ2n) is 4.80. The van der Waals surface area contributed by atoms with E-state index in [1.54, 1.807) is 6.20 Å². The fourth-order valence-corrected chi connectivity index (χ4v) is 2.31. The Labute approximate surface area is 115 Å². The van der Waals surface area contributed by atoms with Crippen LogP contribution in [0.3, 0.4) is 0 Å². The molecule has 0 aliphatic heterocycles. The number of pyridine rings is 1. The molecule has 100 valence electrons. The van der Waals surface area contributed by atoms with E-state index >= 15 is 0 Å². The smallest absolute Gasteiger partial charge is 0.121 e. The third kappa shape index (κ3) is 3.21. The first-order chi connectivity index (χ1) is 9.26. The van der Waals surface area contributed by atoms with Gasteiger partial charge in [0, 0.05) is 6.20 Å². The Bertz CT molecular complexity index is 519. The lowest BCUT2D eigenvalue weighted by Crippen LogP contribution is -2.06. The standard InChI is InChI=1S/C17H21NO/c1-3-6-13-8-10-15(11-9-13)17(19)16-14(4-2)7-5-12-18-16/h5,7-12,17,19H,3-4,6H2,1-2H3. The third-order valence-electron chi connectivity index (χ3n) is 3.40. The summed E-state index contributed by atoms with van der Waals surface area (Å²) >= 11 is 0. The van der Waals surface area contributed by atoms with Crippen LogP contribution in [0.15, 0.2) is 42.6 Å². The average Bonchev–Trinajstić information content (AvgIpc) is 2.47. The monoisotopic (exact) mass is 255 g/mol. The molecule has 0 amide bonds. The Kier molecular flexibility index (Phi) is 4.69. The van der Waals surface area contributed by atoms with Gasteiger partial charge in [-0.25, -0.2) is 0 Å². The maximum Gasteiger partial charge on any atom is 0.121 e. The number of nitrogens with zero attached hydrogens (tertiary/aromatic N) is 1. The number of aliphatic hydroxyl groups is 1. The van der Waals surface area contributed by atoms with Crippen molar-refractivity contribution in [1.29, 1.82) is 0 Å². The predicted molar refractivity (Wildman–Crippen MR) is 78.1 cm³/mol. The number of hydrogen-bond donors (Lipinski definition) is 1. The zero-order chi connectivity index (χ0) is 13.7. The molecule has 1 aromatic heterocycles. The molecule has 0 saturated heterocycles. The van der Waals surface area contributed by atoms with Gasteiger partial charge in [-0.05, 0) is 35.6 Å². The Balaban J connectivity index is 2.25. The Hall–Kier alpha value is -1.67. The van der Waals surface area contributed by atoms with E-state index in [4.69, 9.17) is 0 Å². The van der Waals surface area contributed by atoms with Crippen molar-refractivity contribution in [2.24, 2.45) is 0 Å². The van der Waals surface area contributed by atoms with E-state index in [1.165, 1.54) is 5.56 Å². The van der Waals surface area contributed by atoms with Gasteiger partial charge in [0.05, 0.1) is 5.69 Å². The number of aryl methyl sites for hydroxylation is 2. The highest BCUT2D eigenvalue weighted by atomic mass is 16.3. The molecule has 0 fully saturated rings. The van der Waals surface area contributed by atoms with Gasteiger partial charge in [-0.1, -0.05) is 50.6 Å². The van der Waals surface area contributed by atoms with Gasteiger partial charge in [-0.15, -0.1) is 0 Å². The summed E-state index contributed by atoms with van der Waals surface area (Å²) < 4.78 is 0. The Morgan fingerprint density at radius 2 is 1.84 bits per heavy atom. The normalized spacial score (nSPS) is 12.4. The highest BCUT2D eigenvalue weighted by Crippen LogP contribution is 2.23. The lowest BCUT2D eigenvalue weighted by Gasteiger charge is -2.14. The van der Waals surface area contributed by atoms with Crippen molar-refractivity contribution in [1.82, 2.24) is 4.98 Å². The first kappa shape index (κ1) is 13.8. The zero-order valence-corrected chi connectivity index (χ0v) is 11.6. The van der Waals surface area contributed by atoms with E-state index in [9.17, 15) is 5.11 Å². The van der Waals surface area contributed by atoms with Gasteiger partial charge in [0.1, 0.15) is 6.10 Å². The van der Waals surface area contributed by atoms with Crippen LogP contribution < -0.4 is 0 Å². The largest absolute Gasteiger partial charge is 0.382 e. The van der Waals surface area contributed by atoms with Crippen LogP contribution in [0.25, 0.3) is 0 Å². The van der Waals surface area contributed by atoms with E-state index in [0.29, 0.717) is 0 Å². The van der Waals surface area contributed by atoms with Gasteiger partial charge in [0.15, 0.2) is 0 Å². The second kappa shape index (κ2) is 6.48. The third-order valence-corrected chi connectivity index (χ3v) is 3.40. The summed E-state index contributed by atoms with van der Waals surface area (Å²) in [6.45, 7) is 4.25. The predicted octanol–water partition coefficient (Wildman–Crippen LogP) is 3.68. The van der Waals surface area contributed by atoms with Gasteiger partial charge >= 0.3 is 0 Å². The summed E-state index contributed by atoms with van der Waals surface area (Å²) in [5.41, 5.74) is 4.10. The SMILES string of the molecule is CCCc1ccc(C(O)c2ncccc2CC)cc1. The summed E-state index contributed by atoms with van der Waals surface area (Å²) in [4.78, 5) is 4.33. The van der Waals surface area contributed by atoms with Crippen molar-refractivity contribution in [2.45, 2.75) is 39.2 Å². The van der Waals surface area contributed by atoms with Crippen molar-refractivity contribution in [3.05, 3.63) is 65.0 Å². The molecule has 2 nitrogen and oxygen atoms in total. The molecule has 19 heavy (non-hydrogen) atoms. The highest BCUT2D eigenvalue weighted by Gasteiger charge is 2.14. The Morgan fingerprint density at radius 3 is 2.47 bits per heavy atom. The maximum absolute atomic E-state index is 10.5. The summed E-state index contributed by atoms with van der Waals surface area (Å²) in [5, 5.41) is 10.5. The van der Waals surface area contributed by atoms with E-state index in [1.807, 2.05) is 24.3 Å². The number of aromatic nitrogens is 1. The van der Waals surface area contributed by atoms with E-state index in [-0.39, 0.29) is 0 Å². The van der Waals surface area contributed by atoms with Gasteiger partial charge in [-0.3, -0.25) is 4.98 Å². The molecule has 0 radical (unpaired) electrons. The fraction of sp³-hybridized carbons (Fsp3) is 0.353. The van der Waals surface area contributed by atoms with Crippen molar-refractivity contribution in [3.63, 3.8) is 0 Å². The molecule has 0 spiro atoms. The van der Waals surface area contributed by atoms with Crippen molar-refractivity contribution < 1.29 is 5.11 Å². The number of rotatable bonds is 5. The van der Waals surface area contributed by atoms with Crippen LogP contribution in [0.2, 0.25) is 0 Å². The first-order valence-electron chi connectivity index (χ1n) is 6.97. The summed E-state index contributed by atoms with van der Waals surface area (Å²) in [7, 11) is 0. The topological polar surface area (TPSA) is 33.1 Å². The molecular formula is C17H21NO. The molecular weight excluding hydrogens is 234 g/mol. The quantitative estimate of drug-likeness (QED) is 0.884. The lowest BCUT2D eigenvalue weighted by atomic mass is 9.99. The van der Waals surface area contributed by atoms with Gasteiger partial charge in [0.25, 0.3) is 0 Å². The minimum absolute atomic E-state index is 0.633. The molecule has 2 heteroatoms. The van der Waals surface area contributed by atoms with E-state index in [2.05, 4.69) is 31.0 Å². The van der Waals surface area contributed by atoms with Gasteiger partial charge in [-0.2, -0.15) is 0 Å². The van der Waals surface area contributed by atoms with E-state index in [0.717, 1.165) is 36.1 Å². The van der Waals surface area contributed by atoms with Crippen LogP contribution in [0.4, 0.5) is 0 Å². The number of benzene rings is 1. The molecule has 2 aromatic rings. The minimum atomic E-state index is -0.633. The van der Waals surface area contributed by atoms with Crippen LogP contribution in [0.1, 0.15) is 48.8 Å². The Morgan fingerprint density at radius 1 is 1.11 bits per heavy atom. The van der Waals surface area contributed by atoms with E-state index < -0.39 is 6.10 Å². The fourth-order valence-electron chi connectivity index (χ4n) is 2.31. The van der Waals surface area contributed by atoms with Crippen molar-refractivity contribution in [3.8, 4) is 0 Å². The van der Waals surface area contributed by atoms with Crippen LogP contribution >= 0.6 is 0 Å². The minimum Gasteiger partial charge on any atom is -0.382 e. The molecule has 0 saturated carbocycles.